The molecule has 0 bridgehead atoms. The average Bonchev–Trinajstić information content (AvgIpc) is 3.03. The third-order valence-corrected chi connectivity index (χ3v) is 4.01. The lowest BCUT2D eigenvalue weighted by Crippen LogP contribution is -2.34. The Hall–Kier alpha value is -1.36. The van der Waals surface area contributed by atoms with Crippen LogP contribution < -0.4 is 11.1 Å². The number of rotatable bonds is 4. The number of carbonyl (C=O) groups is 1. The number of nitrogens with two attached hydrogens (primary N) is 1. The number of carbonyl (C=O) groups excluding carboxylic acids is 1. The maximum Gasteiger partial charge on any atom is 0.223 e. The fourth-order valence-corrected chi connectivity index (χ4v) is 2.70. The first-order valence-corrected chi connectivity index (χ1v) is 7.34. The highest BCUT2D eigenvalue weighted by Gasteiger charge is 2.31. The summed E-state index contributed by atoms with van der Waals surface area (Å²) in [5, 5.41) is 2.92. The van der Waals surface area contributed by atoms with Gasteiger partial charge in [0.05, 0.1) is 12.7 Å². The second-order valence-corrected chi connectivity index (χ2v) is 6.62. The van der Waals surface area contributed by atoms with Gasteiger partial charge < -0.3 is 15.5 Å². The molecule has 0 unspecified atom stereocenters. The Morgan fingerprint density at radius 3 is 2.85 bits per heavy atom. The van der Waals surface area contributed by atoms with Gasteiger partial charge in [0.15, 0.2) is 0 Å². The van der Waals surface area contributed by atoms with Crippen molar-refractivity contribution in [2.75, 3.05) is 6.54 Å². The van der Waals surface area contributed by atoms with Gasteiger partial charge in [-0.2, -0.15) is 0 Å². The van der Waals surface area contributed by atoms with E-state index < -0.39 is 0 Å². The predicted molar refractivity (Wildman–Crippen MR) is 76.9 cm³/mol. The fourth-order valence-electron chi connectivity index (χ4n) is 2.70. The molecular weight excluding hydrogens is 254 g/mol. The van der Waals surface area contributed by atoms with Gasteiger partial charge in [0.1, 0.15) is 5.76 Å². The monoisotopic (exact) mass is 279 g/mol. The van der Waals surface area contributed by atoms with Gasteiger partial charge in [0, 0.05) is 11.3 Å². The van der Waals surface area contributed by atoms with Gasteiger partial charge in [-0.1, -0.05) is 27.2 Å². The minimum atomic E-state index is -0.0641. The van der Waals surface area contributed by atoms with Crippen LogP contribution >= 0.6 is 0 Å². The molecule has 1 heterocycles. The van der Waals surface area contributed by atoms with Crippen molar-refractivity contribution in [1.29, 1.82) is 0 Å². The van der Waals surface area contributed by atoms with Crippen molar-refractivity contribution in [3.63, 3.8) is 0 Å². The van der Waals surface area contributed by atoms with Crippen LogP contribution in [0.2, 0.25) is 0 Å². The van der Waals surface area contributed by atoms with E-state index in [1.807, 2.05) is 0 Å². The summed E-state index contributed by atoms with van der Waals surface area (Å²) in [6, 6.07) is 0. The van der Waals surface area contributed by atoms with Gasteiger partial charge in [-0.3, -0.25) is 4.79 Å². The standard InChI is InChI=1S/C15H25N3O2/c1-15(2,3)12-8-17-13(20-12)9-18-14(19)11-6-4-5-10(11)7-16/h8,10-11H,4-7,9,16H2,1-3H3,(H,18,19)/t10-,11-/m1/s1. The Balaban J connectivity index is 1.89. The van der Waals surface area contributed by atoms with Crippen molar-refractivity contribution < 1.29 is 9.21 Å². The van der Waals surface area contributed by atoms with Crippen molar-refractivity contribution in [3.05, 3.63) is 17.8 Å². The number of nitrogens with zero attached hydrogens (tertiary/aromatic N) is 1. The van der Waals surface area contributed by atoms with Crippen LogP contribution in [0.4, 0.5) is 0 Å². The summed E-state index contributed by atoms with van der Waals surface area (Å²) in [6.07, 6.45) is 4.82. The summed E-state index contributed by atoms with van der Waals surface area (Å²) in [6.45, 7) is 7.15. The molecule has 2 rings (SSSR count). The molecule has 20 heavy (non-hydrogen) atoms. The van der Waals surface area contributed by atoms with E-state index in [0.717, 1.165) is 25.0 Å². The lowest BCUT2D eigenvalue weighted by atomic mass is 9.94. The summed E-state index contributed by atoms with van der Waals surface area (Å²) in [4.78, 5) is 16.4. The summed E-state index contributed by atoms with van der Waals surface area (Å²) in [5.74, 6) is 1.85. The normalized spacial score (nSPS) is 23.0. The molecule has 1 aromatic rings. The molecule has 1 aromatic heterocycles. The highest BCUT2D eigenvalue weighted by atomic mass is 16.4. The van der Waals surface area contributed by atoms with Crippen LogP contribution in [0.1, 0.15) is 51.7 Å². The lowest BCUT2D eigenvalue weighted by Gasteiger charge is -2.16. The van der Waals surface area contributed by atoms with E-state index in [1.165, 1.54) is 0 Å². The number of aromatic nitrogens is 1. The Morgan fingerprint density at radius 1 is 1.50 bits per heavy atom. The van der Waals surface area contributed by atoms with Gasteiger partial charge in [0.2, 0.25) is 11.8 Å². The van der Waals surface area contributed by atoms with Gasteiger partial charge in [0.25, 0.3) is 0 Å². The van der Waals surface area contributed by atoms with E-state index in [9.17, 15) is 4.79 Å². The summed E-state index contributed by atoms with van der Waals surface area (Å²) in [5.41, 5.74) is 5.65. The molecule has 1 aliphatic carbocycles. The highest BCUT2D eigenvalue weighted by molar-refractivity contribution is 5.79. The maximum atomic E-state index is 12.2. The molecule has 5 heteroatoms. The Labute approximate surface area is 120 Å². The topological polar surface area (TPSA) is 81.2 Å². The maximum absolute atomic E-state index is 12.2. The minimum absolute atomic E-state index is 0.0528. The van der Waals surface area contributed by atoms with Crippen molar-refractivity contribution >= 4 is 5.91 Å². The van der Waals surface area contributed by atoms with Crippen LogP contribution in [-0.4, -0.2) is 17.4 Å². The van der Waals surface area contributed by atoms with Gasteiger partial charge in [-0.25, -0.2) is 4.98 Å². The predicted octanol–water partition coefficient (Wildman–Crippen LogP) is 1.96. The first-order chi connectivity index (χ1) is 9.41. The quantitative estimate of drug-likeness (QED) is 0.883. The van der Waals surface area contributed by atoms with Gasteiger partial charge in [-0.05, 0) is 25.3 Å². The van der Waals surface area contributed by atoms with E-state index in [4.69, 9.17) is 10.2 Å². The highest BCUT2D eigenvalue weighted by Crippen LogP contribution is 2.31. The smallest absolute Gasteiger partial charge is 0.223 e. The molecule has 0 saturated heterocycles. The second-order valence-electron chi connectivity index (χ2n) is 6.62. The fraction of sp³-hybridized carbons (Fsp3) is 0.733. The second kappa shape index (κ2) is 5.95. The molecule has 1 aliphatic rings. The third-order valence-electron chi connectivity index (χ3n) is 4.01. The van der Waals surface area contributed by atoms with Crippen molar-refractivity contribution in [3.8, 4) is 0 Å². The SMILES string of the molecule is CC(C)(C)c1cnc(CNC(=O)[C@@H]2CCC[C@@H]2CN)o1. The van der Waals surface area contributed by atoms with Crippen molar-refractivity contribution in [1.82, 2.24) is 10.3 Å². The zero-order valence-corrected chi connectivity index (χ0v) is 12.6. The molecule has 5 nitrogen and oxygen atoms in total. The average molecular weight is 279 g/mol. The first-order valence-electron chi connectivity index (χ1n) is 7.34. The molecule has 0 radical (unpaired) electrons. The Kier molecular flexibility index (Phi) is 4.48. The largest absolute Gasteiger partial charge is 0.443 e. The molecular formula is C15H25N3O2. The number of amides is 1. The molecule has 112 valence electrons. The Bertz CT molecular complexity index is 462. The first kappa shape index (κ1) is 15.0. The summed E-state index contributed by atoms with van der Waals surface area (Å²) < 4.78 is 5.66. The molecule has 0 aromatic carbocycles. The zero-order valence-electron chi connectivity index (χ0n) is 12.6. The summed E-state index contributed by atoms with van der Waals surface area (Å²) >= 11 is 0. The van der Waals surface area contributed by atoms with Gasteiger partial charge >= 0.3 is 0 Å². The van der Waals surface area contributed by atoms with Crippen LogP contribution in [-0.2, 0) is 16.8 Å². The van der Waals surface area contributed by atoms with Crippen molar-refractivity contribution in [2.24, 2.45) is 17.6 Å². The Morgan fingerprint density at radius 2 is 2.25 bits per heavy atom. The lowest BCUT2D eigenvalue weighted by molar-refractivity contribution is -0.126. The summed E-state index contributed by atoms with van der Waals surface area (Å²) in [7, 11) is 0. The van der Waals surface area contributed by atoms with Crippen LogP contribution in [0, 0.1) is 11.8 Å². The van der Waals surface area contributed by atoms with Gasteiger partial charge in [-0.15, -0.1) is 0 Å². The zero-order chi connectivity index (χ0) is 14.8. The van der Waals surface area contributed by atoms with E-state index >= 15 is 0 Å². The minimum Gasteiger partial charge on any atom is -0.443 e. The number of hydrogen-bond acceptors (Lipinski definition) is 4. The number of nitrogens with one attached hydrogen (secondary N) is 1. The van der Waals surface area contributed by atoms with Crippen molar-refractivity contribution in [2.45, 2.75) is 52.0 Å². The van der Waals surface area contributed by atoms with Crippen LogP contribution in [0.5, 0.6) is 0 Å². The molecule has 3 N–H and O–H groups in total. The molecule has 0 spiro atoms. The van der Waals surface area contributed by atoms with E-state index in [-0.39, 0.29) is 17.2 Å². The van der Waals surface area contributed by atoms with E-state index in [0.29, 0.717) is 24.9 Å². The van der Waals surface area contributed by atoms with Crippen LogP contribution in [0.3, 0.4) is 0 Å². The molecule has 1 amide bonds. The van der Waals surface area contributed by atoms with Crippen LogP contribution in [0.25, 0.3) is 0 Å². The third kappa shape index (κ3) is 3.39. The number of oxazole rings is 1. The van der Waals surface area contributed by atoms with E-state index in [2.05, 4.69) is 31.1 Å². The molecule has 1 fully saturated rings. The molecule has 0 aliphatic heterocycles. The van der Waals surface area contributed by atoms with Crippen LogP contribution in [0.15, 0.2) is 10.6 Å². The molecule has 1 saturated carbocycles. The van der Waals surface area contributed by atoms with E-state index in [1.54, 1.807) is 6.20 Å². The number of hydrogen-bond donors (Lipinski definition) is 2. The molecule has 2 atom stereocenters.